The molecule has 0 aliphatic carbocycles. The minimum Gasteiger partial charge on any atom is -0.494 e. The Morgan fingerprint density at radius 2 is 1.73 bits per heavy atom. The van der Waals surface area contributed by atoms with Gasteiger partial charge in [0.15, 0.2) is 0 Å². The molecule has 1 amide bonds. The standard InChI is InChI=1S/C24H26N2O3S/c1-4-28-22-12-7-20(8-13-22)15-26(3)24(27)14-9-19-5-10-23(11-6-19)29-16-21-17-30-18(2)25-21/h5-14,17H,4,15-16H2,1-3H3/b14-9+. The number of aryl methyl sites for hydroxylation is 1. The van der Waals surface area contributed by atoms with Gasteiger partial charge in [-0.25, -0.2) is 4.98 Å². The van der Waals surface area contributed by atoms with Crippen LogP contribution in [-0.2, 0) is 17.9 Å². The summed E-state index contributed by atoms with van der Waals surface area (Å²) in [5.74, 6) is 1.56. The molecule has 2 aromatic carbocycles. The predicted molar refractivity (Wildman–Crippen MR) is 121 cm³/mol. The average Bonchev–Trinajstić information content (AvgIpc) is 3.18. The normalized spacial score (nSPS) is 10.9. The second kappa shape index (κ2) is 10.6. The molecule has 1 aromatic heterocycles. The molecule has 0 bridgehead atoms. The topological polar surface area (TPSA) is 51.7 Å². The molecule has 0 atom stereocenters. The molecule has 3 aromatic rings. The molecule has 30 heavy (non-hydrogen) atoms. The number of benzene rings is 2. The average molecular weight is 423 g/mol. The van der Waals surface area contributed by atoms with E-state index in [-0.39, 0.29) is 5.91 Å². The van der Waals surface area contributed by atoms with E-state index in [0.29, 0.717) is 19.8 Å². The Hall–Kier alpha value is -3.12. The van der Waals surface area contributed by atoms with Crippen molar-refractivity contribution in [2.24, 2.45) is 0 Å². The van der Waals surface area contributed by atoms with Crippen LogP contribution in [0.2, 0.25) is 0 Å². The highest BCUT2D eigenvalue weighted by atomic mass is 32.1. The fraction of sp³-hybridized carbons (Fsp3) is 0.250. The van der Waals surface area contributed by atoms with Gasteiger partial charge in [-0.1, -0.05) is 24.3 Å². The highest BCUT2D eigenvalue weighted by molar-refractivity contribution is 7.09. The predicted octanol–water partition coefficient (Wildman–Crippen LogP) is 5.10. The number of carbonyl (C=O) groups is 1. The van der Waals surface area contributed by atoms with Crippen molar-refractivity contribution in [2.75, 3.05) is 13.7 Å². The van der Waals surface area contributed by atoms with Crippen LogP contribution < -0.4 is 9.47 Å². The molecule has 1 heterocycles. The lowest BCUT2D eigenvalue weighted by Gasteiger charge is -2.15. The van der Waals surface area contributed by atoms with E-state index in [1.54, 1.807) is 29.4 Å². The minimum atomic E-state index is -0.0527. The Labute approximate surface area is 181 Å². The van der Waals surface area contributed by atoms with E-state index in [2.05, 4.69) is 4.98 Å². The van der Waals surface area contributed by atoms with Crippen molar-refractivity contribution in [2.45, 2.75) is 27.0 Å². The maximum Gasteiger partial charge on any atom is 0.246 e. The van der Waals surface area contributed by atoms with Gasteiger partial charge in [0.25, 0.3) is 0 Å². The van der Waals surface area contributed by atoms with Crippen LogP contribution in [0.25, 0.3) is 6.08 Å². The van der Waals surface area contributed by atoms with Crippen molar-refractivity contribution in [1.29, 1.82) is 0 Å². The van der Waals surface area contributed by atoms with E-state index < -0.39 is 0 Å². The molecule has 6 heteroatoms. The number of aromatic nitrogens is 1. The second-order valence-electron chi connectivity index (χ2n) is 6.82. The van der Waals surface area contributed by atoms with Crippen molar-refractivity contribution in [1.82, 2.24) is 9.88 Å². The number of amides is 1. The second-order valence-corrected chi connectivity index (χ2v) is 7.88. The fourth-order valence-electron chi connectivity index (χ4n) is 2.81. The van der Waals surface area contributed by atoms with Gasteiger partial charge in [-0.2, -0.15) is 0 Å². The van der Waals surface area contributed by atoms with Gasteiger partial charge in [-0.3, -0.25) is 4.79 Å². The summed E-state index contributed by atoms with van der Waals surface area (Å²) >= 11 is 1.61. The number of ether oxygens (including phenoxy) is 2. The summed E-state index contributed by atoms with van der Waals surface area (Å²) in [5, 5.41) is 3.04. The maximum absolute atomic E-state index is 12.4. The van der Waals surface area contributed by atoms with Crippen LogP contribution >= 0.6 is 11.3 Å². The van der Waals surface area contributed by atoms with Gasteiger partial charge >= 0.3 is 0 Å². The summed E-state index contributed by atoms with van der Waals surface area (Å²) < 4.78 is 11.2. The van der Waals surface area contributed by atoms with E-state index in [1.807, 2.05) is 73.8 Å². The molecule has 5 nitrogen and oxygen atoms in total. The molecule has 0 radical (unpaired) electrons. The Balaban J connectivity index is 1.49. The lowest BCUT2D eigenvalue weighted by atomic mass is 10.2. The number of carbonyl (C=O) groups excluding carboxylic acids is 1. The summed E-state index contributed by atoms with van der Waals surface area (Å²) in [4.78, 5) is 18.5. The van der Waals surface area contributed by atoms with Crippen LogP contribution in [0.15, 0.2) is 60.0 Å². The van der Waals surface area contributed by atoms with Crippen molar-refractivity contribution >= 4 is 23.3 Å². The lowest BCUT2D eigenvalue weighted by Crippen LogP contribution is -2.24. The van der Waals surface area contributed by atoms with Crippen LogP contribution in [0.5, 0.6) is 11.5 Å². The SMILES string of the molecule is CCOc1ccc(CN(C)C(=O)/C=C/c2ccc(OCc3csc(C)n3)cc2)cc1. The van der Waals surface area contributed by atoms with Gasteiger partial charge < -0.3 is 14.4 Å². The first kappa shape index (κ1) is 21.6. The zero-order valence-electron chi connectivity index (χ0n) is 17.5. The van der Waals surface area contributed by atoms with Crippen LogP contribution in [0.4, 0.5) is 0 Å². The molecule has 156 valence electrons. The molecular weight excluding hydrogens is 396 g/mol. The van der Waals surface area contributed by atoms with E-state index >= 15 is 0 Å². The van der Waals surface area contributed by atoms with Crippen LogP contribution in [0.1, 0.15) is 28.8 Å². The number of nitrogens with zero attached hydrogens (tertiary/aromatic N) is 2. The molecular formula is C24H26N2O3S. The third-order valence-corrected chi connectivity index (χ3v) is 5.20. The van der Waals surface area contributed by atoms with Gasteiger partial charge in [-0.15, -0.1) is 11.3 Å². The molecule has 0 N–H and O–H groups in total. The van der Waals surface area contributed by atoms with E-state index in [4.69, 9.17) is 9.47 Å². The summed E-state index contributed by atoms with van der Waals surface area (Å²) in [6.45, 7) is 5.57. The third kappa shape index (κ3) is 6.46. The van der Waals surface area contributed by atoms with Gasteiger partial charge in [0.2, 0.25) is 5.91 Å². The maximum atomic E-state index is 12.4. The van der Waals surface area contributed by atoms with E-state index in [1.165, 1.54) is 0 Å². The van der Waals surface area contributed by atoms with Crippen molar-refractivity contribution in [3.8, 4) is 11.5 Å². The Morgan fingerprint density at radius 3 is 2.37 bits per heavy atom. The third-order valence-electron chi connectivity index (χ3n) is 4.38. The molecule has 0 aliphatic rings. The van der Waals surface area contributed by atoms with Gasteiger partial charge in [-0.05, 0) is 55.3 Å². The molecule has 3 rings (SSSR count). The molecule has 0 aliphatic heterocycles. The number of thiazole rings is 1. The molecule has 0 saturated heterocycles. The van der Waals surface area contributed by atoms with Crippen LogP contribution in [-0.4, -0.2) is 29.4 Å². The number of rotatable bonds is 9. The highest BCUT2D eigenvalue weighted by Crippen LogP contribution is 2.17. The zero-order chi connectivity index (χ0) is 21.3. The first-order valence-corrected chi connectivity index (χ1v) is 10.7. The van der Waals surface area contributed by atoms with E-state index in [9.17, 15) is 4.79 Å². The Kier molecular flexibility index (Phi) is 7.63. The smallest absolute Gasteiger partial charge is 0.246 e. The quantitative estimate of drug-likeness (QED) is 0.450. The van der Waals surface area contributed by atoms with Crippen molar-refractivity contribution in [3.05, 3.63) is 81.8 Å². The first-order chi connectivity index (χ1) is 14.5. The van der Waals surface area contributed by atoms with Gasteiger partial charge in [0.1, 0.15) is 18.1 Å². The minimum absolute atomic E-state index is 0.0527. The lowest BCUT2D eigenvalue weighted by molar-refractivity contribution is -0.125. The Bertz CT molecular complexity index is 978. The summed E-state index contributed by atoms with van der Waals surface area (Å²) in [5.41, 5.74) is 2.93. The number of likely N-dealkylation sites (N-methyl/N-ethyl adjacent to an activating group) is 1. The summed E-state index contributed by atoms with van der Waals surface area (Å²) in [6, 6.07) is 15.4. The molecule has 0 fully saturated rings. The summed E-state index contributed by atoms with van der Waals surface area (Å²) in [7, 11) is 1.79. The molecule has 0 saturated carbocycles. The highest BCUT2D eigenvalue weighted by Gasteiger charge is 2.06. The molecule has 0 unspecified atom stereocenters. The largest absolute Gasteiger partial charge is 0.494 e. The van der Waals surface area contributed by atoms with E-state index in [0.717, 1.165) is 33.3 Å². The fourth-order valence-corrected chi connectivity index (χ4v) is 3.41. The Morgan fingerprint density at radius 1 is 1.07 bits per heavy atom. The zero-order valence-corrected chi connectivity index (χ0v) is 18.3. The first-order valence-electron chi connectivity index (χ1n) is 9.82. The van der Waals surface area contributed by atoms with Crippen LogP contribution in [0.3, 0.4) is 0 Å². The number of hydrogen-bond acceptors (Lipinski definition) is 5. The summed E-state index contributed by atoms with van der Waals surface area (Å²) in [6.07, 6.45) is 3.40. The van der Waals surface area contributed by atoms with Crippen molar-refractivity contribution in [3.63, 3.8) is 0 Å². The van der Waals surface area contributed by atoms with Crippen molar-refractivity contribution < 1.29 is 14.3 Å². The number of hydrogen-bond donors (Lipinski definition) is 0. The van der Waals surface area contributed by atoms with Crippen LogP contribution in [0, 0.1) is 6.92 Å². The monoisotopic (exact) mass is 422 g/mol. The molecule has 0 spiro atoms. The van der Waals surface area contributed by atoms with Gasteiger partial charge in [0.05, 0.1) is 17.3 Å². The van der Waals surface area contributed by atoms with Gasteiger partial charge in [0, 0.05) is 25.0 Å².